The molecule has 23 heavy (non-hydrogen) atoms. The molecule has 3 nitrogen and oxygen atoms in total. The second kappa shape index (κ2) is 7.27. The molecule has 1 amide bonds. The summed E-state index contributed by atoms with van der Waals surface area (Å²) < 4.78 is 18.6. The van der Waals surface area contributed by atoms with E-state index in [2.05, 4.69) is 5.32 Å². The van der Waals surface area contributed by atoms with Gasteiger partial charge >= 0.3 is 0 Å². The third-order valence-corrected chi connectivity index (χ3v) is 3.89. The molecule has 0 bridgehead atoms. The maximum atomic E-state index is 12.9. The van der Waals surface area contributed by atoms with E-state index < -0.39 is 6.10 Å². The maximum absolute atomic E-state index is 12.9. The number of aryl methyl sites for hydroxylation is 2. The molecule has 2 aromatic rings. The van der Waals surface area contributed by atoms with Gasteiger partial charge in [0.1, 0.15) is 11.6 Å². The minimum absolute atomic E-state index is 0.208. The molecule has 0 aliphatic heterocycles. The highest BCUT2D eigenvalue weighted by atomic mass is 19.1. The molecule has 122 valence electrons. The Balaban J connectivity index is 1.96. The number of ether oxygens (including phenoxy) is 1. The fraction of sp³-hybridized carbons (Fsp3) is 0.316. The van der Waals surface area contributed by atoms with Gasteiger partial charge in [-0.05, 0) is 68.7 Å². The van der Waals surface area contributed by atoms with Crippen molar-refractivity contribution in [1.29, 1.82) is 0 Å². The molecule has 1 N–H and O–H groups in total. The lowest BCUT2D eigenvalue weighted by Crippen LogP contribution is -2.37. The summed E-state index contributed by atoms with van der Waals surface area (Å²) in [5, 5.41) is 2.88. The van der Waals surface area contributed by atoms with Crippen LogP contribution in [0.2, 0.25) is 0 Å². The number of carbonyl (C=O) groups excluding carboxylic acids is 1. The van der Waals surface area contributed by atoms with Gasteiger partial charge in [0.25, 0.3) is 5.91 Å². The zero-order valence-electron chi connectivity index (χ0n) is 13.9. The third kappa shape index (κ3) is 4.55. The predicted molar refractivity (Wildman–Crippen MR) is 89.0 cm³/mol. The minimum atomic E-state index is -0.611. The summed E-state index contributed by atoms with van der Waals surface area (Å²) in [6.45, 7) is 7.60. The number of hydrogen-bond donors (Lipinski definition) is 1. The number of rotatable bonds is 5. The maximum Gasteiger partial charge on any atom is 0.261 e. The van der Waals surface area contributed by atoms with E-state index in [1.165, 1.54) is 17.7 Å². The summed E-state index contributed by atoms with van der Waals surface area (Å²) in [5.41, 5.74) is 3.15. The highest BCUT2D eigenvalue weighted by Gasteiger charge is 2.18. The van der Waals surface area contributed by atoms with Crippen molar-refractivity contribution in [2.24, 2.45) is 0 Å². The Morgan fingerprint density at radius 1 is 1.04 bits per heavy atom. The van der Waals surface area contributed by atoms with Crippen LogP contribution in [-0.4, -0.2) is 12.0 Å². The normalized spacial score (nSPS) is 13.3. The zero-order valence-corrected chi connectivity index (χ0v) is 13.9. The van der Waals surface area contributed by atoms with Gasteiger partial charge in [0.15, 0.2) is 6.10 Å². The molecule has 2 rings (SSSR count). The number of carbonyl (C=O) groups is 1. The first-order valence-corrected chi connectivity index (χ1v) is 7.66. The number of halogens is 1. The first-order valence-electron chi connectivity index (χ1n) is 7.66. The SMILES string of the molecule is Cc1ccc(O[C@H](C)C(=O)N[C@H](C)c2ccc(F)cc2)cc1C. The molecular weight excluding hydrogens is 293 g/mol. The van der Waals surface area contributed by atoms with Crippen molar-refractivity contribution in [3.8, 4) is 5.75 Å². The van der Waals surface area contributed by atoms with Gasteiger partial charge in [0, 0.05) is 0 Å². The summed E-state index contributed by atoms with van der Waals surface area (Å²) in [6, 6.07) is 11.6. The highest BCUT2D eigenvalue weighted by Crippen LogP contribution is 2.18. The van der Waals surface area contributed by atoms with Gasteiger partial charge in [0.05, 0.1) is 6.04 Å². The second-order valence-electron chi connectivity index (χ2n) is 5.79. The molecule has 0 aliphatic carbocycles. The van der Waals surface area contributed by atoms with Gasteiger partial charge in [0.2, 0.25) is 0 Å². The van der Waals surface area contributed by atoms with Crippen LogP contribution in [0.3, 0.4) is 0 Å². The monoisotopic (exact) mass is 315 g/mol. The average Bonchev–Trinajstić information content (AvgIpc) is 2.51. The second-order valence-corrected chi connectivity index (χ2v) is 5.79. The van der Waals surface area contributed by atoms with Crippen molar-refractivity contribution in [1.82, 2.24) is 5.32 Å². The molecule has 2 atom stereocenters. The van der Waals surface area contributed by atoms with E-state index in [1.807, 2.05) is 39.0 Å². The fourth-order valence-electron chi connectivity index (χ4n) is 2.21. The Morgan fingerprint density at radius 2 is 1.70 bits per heavy atom. The highest BCUT2D eigenvalue weighted by molar-refractivity contribution is 5.81. The molecule has 2 aromatic carbocycles. The van der Waals surface area contributed by atoms with Crippen molar-refractivity contribution in [2.75, 3.05) is 0 Å². The van der Waals surface area contributed by atoms with Gasteiger partial charge in [-0.2, -0.15) is 0 Å². The fourth-order valence-corrected chi connectivity index (χ4v) is 2.21. The van der Waals surface area contributed by atoms with Crippen LogP contribution in [-0.2, 0) is 4.79 Å². The van der Waals surface area contributed by atoms with Crippen LogP contribution in [0.25, 0.3) is 0 Å². The van der Waals surface area contributed by atoms with E-state index in [1.54, 1.807) is 19.1 Å². The van der Waals surface area contributed by atoms with Gasteiger partial charge in [-0.3, -0.25) is 4.79 Å². The topological polar surface area (TPSA) is 38.3 Å². The van der Waals surface area contributed by atoms with Crippen molar-refractivity contribution in [2.45, 2.75) is 39.8 Å². The minimum Gasteiger partial charge on any atom is -0.481 e. The zero-order chi connectivity index (χ0) is 17.0. The Bertz CT molecular complexity index is 682. The van der Waals surface area contributed by atoms with Gasteiger partial charge in [-0.1, -0.05) is 18.2 Å². The molecule has 4 heteroatoms. The molecule has 0 aromatic heterocycles. The number of hydrogen-bond acceptors (Lipinski definition) is 2. The van der Waals surface area contributed by atoms with E-state index >= 15 is 0 Å². The van der Waals surface area contributed by atoms with Crippen molar-refractivity contribution < 1.29 is 13.9 Å². The van der Waals surface area contributed by atoms with Crippen LogP contribution >= 0.6 is 0 Å². The smallest absolute Gasteiger partial charge is 0.261 e. The van der Waals surface area contributed by atoms with Crippen LogP contribution < -0.4 is 10.1 Å². The van der Waals surface area contributed by atoms with E-state index in [-0.39, 0.29) is 17.8 Å². The lowest BCUT2D eigenvalue weighted by molar-refractivity contribution is -0.127. The molecule has 0 unspecified atom stereocenters. The Morgan fingerprint density at radius 3 is 2.30 bits per heavy atom. The Kier molecular flexibility index (Phi) is 5.37. The van der Waals surface area contributed by atoms with Crippen molar-refractivity contribution in [3.63, 3.8) is 0 Å². The first kappa shape index (κ1) is 17.0. The molecule has 0 saturated heterocycles. The summed E-state index contributed by atoms with van der Waals surface area (Å²) in [5.74, 6) is 0.170. The molecule has 0 fully saturated rings. The summed E-state index contributed by atoms with van der Waals surface area (Å²) in [4.78, 5) is 12.2. The largest absolute Gasteiger partial charge is 0.481 e. The van der Waals surface area contributed by atoms with Crippen LogP contribution in [0.5, 0.6) is 5.75 Å². The van der Waals surface area contributed by atoms with Crippen molar-refractivity contribution in [3.05, 3.63) is 65.0 Å². The van der Waals surface area contributed by atoms with Gasteiger partial charge < -0.3 is 10.1 Å². The quantitative estimate of drug-likeness (QED) is 0.902. The molecule has 0 spiro atoms. The molecule has 0 saturated carbocycles. The summed E-state index contributed by atoms with van der Waals surface area (Å²) >= 11 is 0. The molecular formula is C19H22FNO2. The van der Waals surface area contributed by atoms with Crippen LogP contribution in [0, 0.1) is 19.7 Å². The number of nitrogens with one attached hydrogen (secondary N) is 1. The molecule has 0 heterocycles. The summed E-state index contributed by atoms with van der Waals surface area (Å²) in [6.07, 6.45) is -0.611. The lowest BCUT2D eigenvalue weighted by atomic mass is 10.1. The Labute approximate surface area is 136 Å². The standard InChI is InChI=1S/C19H22FNO2/c1-12-5-10-18(11-13(12)2)23-15(4)19(22)21-14(3)16-6-8-17(20)9-7-16/h5-11,14-15H,1-4H3,(H,21,22)/t14-,15-/m1/s1. The third-order valence-electron chi connectivity index (χ3n) is 3.89. The van der Waals surface area contributed by atoms with Crippen LogP contribution in [0.1, 0.15) is 36.6 Å². The lowest BCUT2D eigenvalue weighted by Gasteiger charge is -2.19. The van der Waals surface area contributed by atoms with Crippen LogP contribution in [0.4, 0.5) is 4.39 Å². The van der Waals surface area contributed by atoms with E-state index in [4.69, 9.17) is 4.74 Å². The Hall–Kier alpha value is -2.36. The molecule has 0 aliphatic rings. The van der Waals surface area contributed by atoms with E-state index in [0.29, 0.717) is 5.75 Å². The summed E-state index contributed by atoms with van der Waals surface area (Å²) in [7, 11) is 0. The van der Waals surface area contributed by atoms with Gasteiger partial charge in [-0.15, -0.1) is 0 Å². The van der Waals surface area contributed by atoms with E-state index in [0.717, 1.165) is 11.1 Å². The number of benzene rings is 2. The van der Waals surface area contributed by atoms with Crippen LogP contribution in [0.15, 0.2) is 42.5 Å². The van der Waals surface area contributed by atoms with Crippen molar-refractivity contribution >= 4 is 5.91 Å². The average molecular weight is 315 g/mol. The first-order chi connectivity index (χ1) is 10.9. The van der Waals surface area contributed by atoms with Gasteiger partial charge in [-0.25, -0.2) is 4.39 Å². The van der Waals surface area contributed by atoms with E-state index in [9.17, 15) is 9.18 Å². The number of amides is 1. The molecule has 0 radical (unpaired) electrons. The predicted octanol–water partition coefficient (Wildman–Crippen LogP) is 4.09.